The molecule has 0 aliphatic heterocycles. The molecule has 17 heavy (non-hydrogen) atoms. The van der Waals surface area contributed by atoms with Crippen molar-refractivity contribution in [2.24, 2.45) is 0 Å². The molecule has 2 aromatic heterocycles. The summed E-state index contributed by atoms with van der Waals surface area (Å²) in [6, 6.07) is 5.04. The van der Waals surface area contributed by atoms with Gasteiger partial charge in [0.05, 0.1) is 0 Å². The van der Waals surface area contributed by atoms with Crippen molar-refractivity contribution in [3.63, 3.8) is 0 Å². The van der Waals surface area contributed by atoms with Crippen LogP contribution in [0.25, 0.3) is 10.4 Å². The Kier molecular flexibility index (Phi) is 3.27. The van der Waals surface area contributed by atoms with E-state index >= 15 is 0 Å². The summed E-state index contributed by atoms with van der Waals surface area (Å²) in [7, 11) is 0. The second kappa shape index (κ2) is 4.88. The molecular weight excluding hydrogens is 296 g/mol. The minimum atomic E-state index is 0.743. The van der Waals surface area contributed by atoms with Crippen molar-refractivity contribution >= 4 is 27.3 Å². The van der Waals surface area contributed by atoms with Crippen molar-refractivity contribution in [3.05, 3.63) is 39.9 Å². The fourth-order valence-corrected chi connectivity index (χ4v) is 3.34. The lowest BCUT2D eigenvalue weighted by Gasteiger charge is -2.05. The van der Waals surface area contributed by atoms with Gasteiger partial charge >= 0.3 is 0 Å². The molecule has 4 heteroatoms. The van der Waals surface area contributed by atoms with Gasteiger partial charge in [-0.15, -0.1) is 11.3 Å². The third-order valence-corrected chi connectivity index (χ3v) is 4.73. The van der Waals surface area contributed by atoms with E-state index in [0.29, 0.717) is 0 Å². The van der Waals surface area contributed by atoms with Gasteiger partial charge in [-0.25, -0.2) is 0 Å². The highest BCUT2D eigenvalue weighted by molar-refractivity contribution is 9.10. The molecular formula is C13H13BrN2S. The molecule has 2 nitrogen and oxygen atoms in total. The van der Waals surface area contributed by atoms with E-state index < -0.39 is 0 Å². The summed E-state index contributed by atoms with van der Waals surface area (Å²) in [4.78, 5) is 5.58. The molecule has 0 atom stereocenters. The Morgan fingerprint density at radius 1 is 1.41 bits per heavy atom. The van der Waals surface area contributed by atoms with Gasteiger partial charge in [0.2, 0.25) is 0 Å². The van der Waals surface area contributed by atoms with Crippen LogP contribution in [0.15, 0.2) is 34.4 Å². The summed E-state index contributed by atoms with van der Waals surface area (Å²) in [6.07, 6.45) is 6.52. The number of pyridine rings is 1. The molecule has 0 unspecified atom stereocenters. The number of nitrogens with one attached hydrogen (secondary N) is 1. The highest BCUT2D eigenvalue weighted by Gasteiger charge is 2.20. The largest absolute Gasteiger partial charge is 0.310 e. The van der Waals surface area contributed by atoms with Gasteiger partial charge in [-0.1, -0.05) is 0 Å². The molecule has 0 saturated heterocycles. The fraction of sp³-hybridized carbons (Fsp3) is 0.308. The average molecular weight is 309 g/mol. The van der Waals surface area contributed by atoms with Gasteiger partial charge in [0.15, 0.2) is 0 Å². The molecule has 1 N–H and O–H groups in total. The van der Waals surface area contributed by atoms with Gasteiger partial charge in [0.1, 0.15) is 0 Å². The first-order valence-electron chi connectivity index (χ1n) is 5.73. The van der Waals surface area contributed by atoms with E-state index in [-0.39, 0.29) is 0 Å². The summed E-state index contributed by atoms with van der Waals surface area (Å²) in [5.41, 5.74) is 2.46. The molecule has 88 valence electrons. The first-order chi connectivity index (χ1) is 8.33. The van der Waals surface area contributed by atoms with E-state index in [4.69, 9.17) is 0 Å². The molecule has 0 amide bonds. The highest BCUT2D eigenvalue weighted by Crippen LogP contribution is 2.33. The number of rotatable bonds is 4. The van der Waals surface area contributed by atoms with Crippen molar-refractivity contribution < 1.29 is 0 Å². The second-order valence-corrected chi connectivity index (χ2v) is 6.11. The number of nitrogens with zero attached hydrogens (tertiary/aromatic N) is 1. The normalized spacial score (nSPS) is 15.1. The van der Waals surface area contributed by atoms with Crippen molar-refractivity contribution in [2.75, 3.05) is 0 Å². The quantitative estimate of drug-likeness (QED) is 0.928. The van der Waals surface area contributed by atoms with E-state index in [0.717, 1.165) is 17.1 Å². The number of aromatic nitrogens is 1. The lowest BCUT2D eigenvalue weighted by atomic mass is 10.2. The molecule has 1 aliphatic carbocycles. The van der Waals surface area contributed by atoms with Gasteiger partial charge in [0.25, 0.3) is 0 Å². The molecule has 0 radical (unpaired) electrons. The zero-order valence-corrected chi connectivity index (χ0v) is 11.7. The standard InChI is InChI=1S/C13H13BrN2S/c14-12-3-4-17-13(12)10-5-9(6-15-8-10)7-16-11-1-2-11/h3-6,8,11,16H,1-2,7H2. The van der Waals surface area contributed by atoms with Gasteiger partial charge in [-0.05, 0) is 51.8 Å². The number of halogens is 1. The third kappa shape index (κ3) is 2.76. The van der Waals surface area contributed by atoms with Gasteiger partial charge < -0.3 is 5.32 Å². The van der Waals surface area contributed by atoms with Gasteiger partial charge in [-0.2, -0.15) is 0 Å². The Labute approximate surface area is 113 Å². The van der Waals surface area contributed by atoms with E-state index in [9.17, 15) is 0 Å². The van der Waals surface area contributed by atoms with Crippen LogP contribution in [0.4, 0.5) is 0 Å². The molecule has 1 saturated carbocycles. The Balaban J connectivity index is 1.80. The van der Waals surface area contributed by atoms with E-state index in [1.807, 2.05) is 12.4 Å². The Morgan fingerprint density at radius 2 is 2.29 bits per heavy atom. The fourth-order valence-electron chi connectivity index (χ4n) is 1.76. The Hall–Kier alpha value is -0.710. The molecule has 1 aliphatic rings. The van der Waals surface area contributed by atoms with Crippen LogP contribution in [-0.2, 0) is 6.54 Å². The Bertz CT molecular complexity index is 520. The summed E-state index contributed by atoms with van der Waals surface area (Å²) in [6.45, 7) is 0.925. The summed E-state index contributed by atoms with van der Waals surface area (Å²) in [5, 5.41) is 5.60. The lowest BCUT2D eigenvalue weighted by molar-refractivity contribution is 0.686. The molecule has 0 aromatic carbocycles. The van der Waals surface area contributed by atoms with Crippen LogP contribution in [0, 0.1) is 0 Å². The first kappa shape index (κ1) is 11.4. The summed E-state index contributed by atoms with van der Waals surface area (Å²) < 4.78 is 1.15. The van der Waals surface area contributed by atoms with Gasteiger partial charge in [-0.3, -0.25) is 4.98 Å². The van der Waals surface area contributed by atoms with Crippen LogP contribution >= 0.6 is 27.3 Å². The number of thiophene rings is 1. The predicted octanol–water partition coefficient (Wildman–Crippen LogP) is 3.82. The van der Waals surface area contributed by atoms with E-state index in [1.54, 1.807) is 11.3 Å². The SMILES string of the molecule is Brc1ccsc1-c1cncc(CNC2CC2)c1. The van der Waals surface area contributed by atoms with Crippen molar-refractivity contribution in [1.82, 2.24) is 10.3 Å². The van der Waals surface area contributed by atoms with Crippen LogP contribution in [0.1, 0.15) is 18.4 Å². The van der Waals surface area contributed by atoms with Crippen molar-refractivity contribution in [3.8, 4) is 10.4 Å². The number of hydrogen-bond acceptors (Lipinski definition) is 3. The van der Waals surface area contributed by atoms with Crippen LogP contribution < -0.4 is 5.32 Å². The van der Waals surface area contributed by atoms with Crippen LogP contribution in [0.2, 0.25) is 0 Å². The summed E-state index contributed by atoms with van der Waals surface area (Å²) >= 11 is 5.31. The van der Waals surface area contributed by atoms with Crippen LogP contribution in [0.5, 0.6) is 0 Å². The molecule has 1 fully saturated rings. The topological polar surface area (TPSA) is 24.9 Å². The molecule has 2 heterocycles. The predicted molar refractivity (Wildman–Crippen MR) is 75.1 cm³/mol. The van der Waals surface area contributed by atoms with Crippen molar-refractivity contribution in [1.29, 1.82) is 0 Å². The monoisotopic (exact) mass is 308 g/mol. The second-order valence-electron chi connectivity index (χ2n) is 4.33. The maximum absolute atomic E-state index is 4.33. The third-order valence-electron chi connectivity index (χ3n) is 2.85. The number of hydrogen-bond donors (Lipinski definition) is 1. The molecule has 0 bridgehead atoms. The molecule has 0 spiro atoms. The van der Waals surface area contributed by atoms with Crippen LogP contribution in [0.3, 0.4) is 0 Å². The maximum atomic E-state index is 4.33. The average Bonchev–Trinajstić information content (AvgIpc) is 3.08. The highest BCUT2D eigenvalue weighted by atomic mass is 79.9. The van der Waals surface area contributed by atoms with E-state index in [2.05, 4.69) is 43.7 Å². The molecule has 3 rings (SSSR count). The Morgan fingerprint density at radius 3 is 3.00 bits per heavy atom. The zero-order chi connectivity index (χ0) is 11.7. The maximum Gasteiger partial charge on any atom is 0.0500 e. The summed E-state index contributed by atoms with van der Waals surface area (Å²) in [5.74, 6) is 0. The van der Waals surface area contributed by atoms with E-state index in [1.165, 1.54) is 28.8 Å². The van der Waals surface area contributed by atoms with Crippen LogP contribution in [-0.4, -0.2) is 11.0 Å². The zero-order valence-electron chi connectivity index (χ0n) is 9.32. The first-order valence-corrected chi connectivity index (χ1v) is 7.41. The van der Waals surface area contributed by atoms with Crippen molar-refractivity contribution in [2.45, 2.75) is 25.4 Å². The lowest BCUT2D eigenvalue weighted by Crippen LogP contribution is -2.15. The molecule has 2 aromatic rings. The smallest absolute Gasteiger partial charge is 0.0500 e. The van der Waals surface area contributed by atoms with Gasteiger partial charge in [0, 0.05) is 39.9 Å². The minimum Gasteiger partial charge on any atom is -0.310 e. The minimum absolute atomic E-state index is 0.743.